The Morgan fingerprint density at radius 2 is 1.73 bits per heavy atom. The van der Waals surface area contributed by atoms with Crippen molar-refractivity contribution in [1.82, 2.24) is 5.32 Å². The van der Waals surface area contributed by atoms with Crippen LogP contribution in [-0.4, -0.2) is 6.04 Å². The quantitative estimate of drug-likeness (QED) is 0.718. The number of rotatable bonds is 3. The number of benzene rings is 2. The minimum Gasteiger partial charge on any atom is -0.234 e. The molecule has 0 heterocycles. The van der Waals surface area contributed by atoms with Crippen molar-refractivity contribution in [3.8, 4) is 0 Å². The Balaban J connectivity index is 2.23. The van der Waals surface area contributed by atoms with E-state index in [0.29, 0.717) is 6.04 Å². The molecule has 0 saturated heterocycles. The third-order valence-corrected chi connectivity index (χ3v) is 2.45. The lowest BCUT2D eigenvalue weighted by Gasteiger charge is -2.06. The third kappa shape index (κ3) is 2.57. The third-order valence-electron chi connectivity index (χ3n) is 2.45. The van der Waals surface area contributed by atoms with Crippen LogP contribution < -0.4 is 5.32 Å². The molecule has 0 bridgehead atoms. The van der Waals surface area contributed by atoms with Crippen molar-refractivity contribution in [3.63, 3.8) is 0 Å². The zero-order valence-electron chi connectivity index (χ0n) is 9.27. The fraction of sp³-hybridized carbons (Fsp3) is 0.286. The van der Waals surface area contributed by atoms with Crippen LogP contribution in [0.5, 0.6) is 0 Å². The largest absolute Gasteiger partial charge is 0.234 e. The molecule has 2 aromatic rings. The fourth-order valence-corrected chi connectivity index (χ4v) is 1.63. The van der Waals surface area contributed by atoms with Gasteiger partial charge in [-0.2, -0.15) is 0 Å². The predicted molar refractivity (Wildman–Crippen MR) is 64.9 cm³/mol. The summed E-state index contributed by atoms with van der Waals surface area (Å²) in [6.45, 7) is 5.05. The van der Waals surface area contributed by atoms with Gasteiger partial charge in [-0.3, -0.25) is 0 Å². The van der Waals surface area contributed by atoms with Crippen LogP contribution in [-0.2, 0) is 6.54 Å². The minimum absolute atomic E-state index is 0.413. The molecule has 0 N–H and O–H groups in total. The Morgan fingerprint density at radius 3 is 2.47 bits per heavy atom. The summed E-state index contributed by atoms with van der Waals surface area (Å²) in [5.41, 5.74) is 1.29. The second-order valence-corrected chi connectivity index (χ2v) is 4.12. The van der Waals surface area contributed by atoms with E-state index in [1.165, 1.54) is 16.3 Å². The molecule has 2 aromatic carbocycles. The first-order valence-corrected chi connectivity index (χ1v) is 5.40. The second-order valence-electron chi connectivity index (χ2n) is 4.12. The molecule has 0 spiro atoms. The van der Waals surface area contributed by atoms with Gasteiger partial charge in [-0.25, -0.2) is 5.32 Å². The van der Waals surface area contributed by atoms with Crippen LogP contribution in [0.3, 0.4) is 0 Å². The molecule has 0 aromatic heterocycles. The molecule has 0 unspecified atom stereocenters. The van der Waals surface area contributed by atoms with E-state index < -0.39 is 0 Å². The average Bonchev–Trinajstić information content (AvgIpc) is 2.26. The molecule has 1 heteroatoms. The summed E-state index contributed by atoms with van der Waals surface area (Å²) in [6, 6.07) is 15.4. The molecule has 0 amide bonds. The highest BCUT2D eigenvalue weighted by molar-refractivity contribution is 5.82. The highest BCUT2D eigenvalue weighted by Gasteiger charge is 1.98. The Labute approximate surface area is 91.1 Å². The summed E-state index contributed by atoms with van der Waals surface area (Å²) in [5.74, 6) is 0. The van der Waals surface area contributed by atoms with Gasteiger partial charge >= 0.3 is 0 Å². The molecule has 0 aliphatic carbocycles. The van der Waals surface area contributed by atoms with Gasteiger partial charge in [-0.1, -0.05) is 36.4 Å². The highest BCUT2D eigenvalue weighted by Crippen LogP contribution is 2.15. The molecule has 77 valence electrons. The zero-order valence-corrected chi connectivity index (χ0v) is 9.27. The molecule has 1 radical (unpaired) electrons. The highest BCUT2D eigenvalue weighted by atomic mass is 14.9. The van der Waals surface area contributed by atoms with E-state index in [0.717, 1.165) is 6.54 Å². The maximum atomic E-state index is 4.50. The minimum atomic E-state index is 0.413. The summed E-state index contributed by atoms with van der Waals surface area (Å²) in [7, 11) is 0. The monoisotopic (exact) mass is 198 g/mol. The first-order valence-electron chi connectivity index (χ1n) is 5.40. The molecular formula is C14H16N. The van der Waals surface area contributed by atoms with E-state index in [1.807, 2.05) is 0 Å². The van der Waals surface area contributed by atoms with Gasteiger partial charge in [0.15, 0.2) is 0 Å². The predicted octanol–water partition coefficient (Wildman–Crippen LogP) is 3.35. The molecule has 0 aliphatic heterocycles. The van der Waals surface area contributed by atoms with Crippen LogP contribution >= 0.6 is 0 Å². The van der Waals surface area contributed by atoms with Crippen molar-refractivity contribution in [2.24, 2.45) is 0 Å². The van der Waals surface area contributed by atoms with E-state index in [-0.39, 0.29) is 0 Å². The van der Waals surface area contributed by atoms with Crippen molar-refractivity contribution in [3.05, 3.63) is 48.0 Å². The molecule has 0 atom stereocenters. The SMILES string of the molecule is CC(C)[N]Cc1ccc2ccccc2c1. The van der Waals surface area contributed by atoms with Gasteiger partial charge in [-0.05, 0) is 36.2 Å². The first kappa shape index (κ1) is 10.2. The van der Waals surface area contributed by atoms with Crippen molar-refractivity contribution in [1.29, 1.82) is 0 Å². The summed E-state index contributed by atoms with van der Waals surface area (Å²) in [6.07, 6.45) is 0. The van der Waals surface area contributed by atoms with E-state index in [1.54, 1.807) is 0 Å². The van der Waals surface area contributed by atoms with E-state index in [4.69, 9.17) is 0 Å². The topological polar surface area (TPSA) is 14.1 Å². The maximum Gasteiger partial charge on any atom is 0.0387 e. The van der Waals surface area contributed by atoms with E-state index in [9.17, 15) is 0 Å². The molecule has 15 heavy (non-hydrogen) atoms. The smallest absolute Gasteiger partial charge is 0.0387 e. The van der Waals surface area contributed by atoms with Crippen LogP contribution in [0, 0.1) is 0 Å². The van der Waals surface area contributed by atoms with Crippen molar-refractivity contribution < 1.29 is 0 Å². The summed E-state index contributed by atoms with van der Waals surface area (Å²) in [4.78, 5) is 0. The van der Waals surface area contributed by atoms with Crippen LogP contribution in [0.25, 0.3) is 10.8 Å². The van der Waals surface area contributed by atoms with Gasteiger partial charge < -0.3 is 0 Å². The Kier molecular flexibility index (Phi) is 3.02. The van der Waals surface area contributed by atoms with E-state index >= 15 is 0 Å². The lowest BCUT2D eigenvalue weighted by molar-refractivity contribution is 0.575. The number of nitrogens with zero attached hydrogens (tertiary/aromatic N) is 1. The van der Waals surface area contributed by atoms with Crippen molar-refractivity contribution >= 4 is 10.8 Å². The van der Waals surface area contributed by atoms with Gasteiger partial charge in [0.05, 0.1) is 0 Å². The lowest BCUT2D eigenvalue weighted by Crippen LogP contribution is -2.13. The standard InChI is InChI=1S/C14H16N/c1-11(2)15-10-12-7-8-13-5-3-4-6-14(13)9-12/h3-9,11H,10H2,1-2H3. The Morgan fingerprint density at radius 1 is 1.00 bits per heavy atom. The van der Waals surface area contributed by atoms with Gasteiger partial charge in [0.25, 0.3) is 0 Å². The van der Waals surface area contributed by atoms with E-state index in [2.05, 4.69) is 61.6 Å². The second kappa shape index (κ2) is 4.45. The van der Waals surface area contributed by atoms with Crippen molar-refractivity contribution in [2.45, 2.75) is 26.4 Å². The van der Waals surface area contributed by atoms with Crippen LogP contribution in [0.2, 0.25) is 0 Å². The lowest BCUT2D eigenvalue weighted by atomic mass is 10.1. The Hall–Kier alpha value is -1.34. The Bertz CT molecular complexity index is 446. The normalized spacial score (nSPS) is 11.1. The van der Waals surface area contributed by atoms with Gasteiger partial charge in [0.2, 0.25) is 0 Å². The zero-order chi connectivity index (χ0) is 10.7. The maximum absolute atomic E-state index is 4.50. The van der Waals surface area contributed by atoms with Crippen molar-refractivity contribution in [2.75, 3.05) is 0 Å². The van der Waals surface area contributed by atoms with Crippen LogP contribution in [0.1, 0.15) is 19.4 Å². The molecule has 0 saturated carbocycles. The fourth-order valence-electron chi connectivity index (χ4n) is 1.63. The molecule has 2 rings (SSSR count). The molecule has 1 nitrogen and oxygen atoms in total. The number of hydrogen-bond donors (Lipinski definition) is 0. The van der Waals surface area contributed by atoms with Crippen LogP contribution in [0.15, 0.2) is 42.5 Å². The number of hydrogen-bond acceptors (Lipinski definition) is 0. The summed E-state index contributed by atoms with van der Waals surface area (Å²) < 4.78 is 0. The van der Waals surface area contributed by atoms with Gasteiger partial charge in [-0.15, -0.1) is 0 Å². The summed E-state index contributed by atoms with van der Waals surface area (Å²) in [5, 5.41) is 7.10. The number of fused-ring (bicyclic) bond motifs is 1. The summed E-state index contributed by atoms with van der Waals surface area (Å²) >= 11 is 0. The van der Waals surface area contributed by atoms with Crippen LogP contribution in [0.4, 0.5) is 0 Å². The van der Waals surface area contributed by atoms with Gasteiger partial charge in [0.1, 0.15) is 0 Å². The average molecular weight is 198 g/mol. The molecule has 0 aliphatic rings. The molecule has 0 fully saturated rings. The van der Waals surface area contributed by atoms with Gasteiger partial charge in [0, 0.05) is 12.6 Å². The first-order chi connectivity index (χ1) is 7.25. The molecular weight excluding hydrogens is 182 g/mol.